The Hall–Kier alpha value is -2.92. The fourth-order valence-corrected chi connectivity index (χ4v) is 3.26. The summed E-state index contributed by atoms with van der Waals surface area (Å²) in [6.45, 7) is 8.11. The highest BCUT2D eigenvalue weighted by Gasteiger charge is 2.12. The highest BCUT2D eigenvalue weighted by molar-refractivity contribution is 5.91. The van der Waals surface area contributed by atoms with Crippen molar-refractivity contribution in [1.82, 2.24) is 0 Å². The van der Waals surface area contributed by atoms with E-state index in [1.54, 1.807) is 24.3 Å². The maximum absolute atomic E-state index is 12.4. The quantitative estimate of drug-likeness (QED) is 0.185. The first kappa shape index (κ1) is 25.3. The highest BCUT2D eigenvalue weighted by Crippen LogP contribution is 2.21. The molecule has 0 radical (unpaired) electrons. The first-order valence-electron chi connectivity index (χ1n) is 11.3. The second kappa shape index (κ2) is 13.5. The summed E-state index contributed by atoms with van der Waals surface area (Å²) in [7, 11) is 0. The summed E-state index contributed by atoms with van der Waals surface area (Å²) in [5.41, 5.74) is 2.43. The monoisotopic (exact) mass is 438 g/mol. The van der Waals surface area contributed by atoms with Crippen LogP contribution < -0.4 is 4.74 Å². The molecule has 0 amide bonds. The van der Waals surface area contributed by atoms with Gasteiger partial charge < -0.3 is 14.6 Å². The molecule has 0 saturated heterocycles. The Morgan fingerprint density at radius 2 is 1.72 bits per heavy atom. The Balaban J connectivity index is 1.77. The number of aliphatic hydroxyl groups excluding tert-OH is 1. The first-order valence-corrected chi connectivity index (χ1v) is 11.3. The molecule has 0 aromatic heterocycles. The lowest BCUT2D eigenvalue weighted by molar-refractivity contribution is -0.137. The number of unbranched alkanes of at least 4 members (excludes halogenated alkanes) is 2. The minimum Gasteiger partial charge on any atom is -0.463 e. The number of benzene rings is 2. The minimum absolute atomic E-state index is 0.359. The van der Waals surface area contributed by atoms with Crippen molar-refractivity contribution in [1.29, 1.82) is 0 Å². The van der Waals surface area contributed by atoms with E-state index >= 15 is 0 Å². The fourth-order valence-electron chi connectivity index (χ4n) is 3.26. The van der Waals surface area contributed by atoms with Crippen LogP contribution >= 0.6 is 0 Å². The number of aliphatic hydroxyl groups is 1. The van der Waals surface area contributed by atoms with Crippen LogP contribution in [0.5, 0.6) is 5.75 Å². The molecule has 5 heteroatoms. The second-order valence-electron chi connectivity index (χ2n) is 8.11. The van der Waals surface area contributed by atoms with Crippen molar-refractivity contribution in [3.63, 3.8) is 0 Å². The molecule has 2 aromatic carbocycles. The Kier molecular flexibility index (Phi) is 10.7. The summed E-state index contributed by atoms with van der Waals surface area (Å²) >= 11 is 0. The number of hydrogen-bond donors (Lipinski definition) is 1. The molecule has 1 N–H and O–H groups in total. The Labute approximate surface area is 191 Å². The molecule has 2 unspecified atom stereocenters. The topological polar surface area (TPSA) is 72.8 Å². The lowest BCUT2D eigenvalue weighted by atomic mass is 9.99. The van der Waals surface area contributed by atoms with Gasteiger partial charge in [0.25, 0.3) is 0 Å². The van der Waals surface area contributed by atoms with Gasteiger partial charge in [-0.15, -0.1) is 0 Å². The molecule has 0 spiro atoms. The van der Waals surface area contributed by atoms with Crippen LogP contribution in [0.4, 0.5) is 0 Å². The van der Waals surface area contributed by atoms with Crippen molar-refractivity contribution in [3.8, 4) is 5.75 Å². The van der Waals surface area contributed by atoms with Gasteiger partial charge in [0.1, 0.15) is 5.75 Å². The van der Waals surface area contributed by atoms with Crippen LogP contribution in [-0.2, 0) is 16.0 Å². The average molecular weight is 439 g/mol. The lowest BCUT2D eigenvalue weighted by Crippen LogP contribution is -2.09. The van der Waals surface area contributed by atoms with Gasteiger partial charge in [-0.05, 0) is 67.0 Å². The molecule has 2 aromatic rings. The molecule has 0 aliphatic carbocycles. The maximum Gasteiger partial charge on any atom is 0.343 e. The minimum atomic E-state index is -0.603. The zero-order chi connectivity index (χ0) is 23.3. The number of esters is 2. The molecule has 172 valence electrons. The molecule has 0 aliphatic rings. The molecule has 32 heavy (non-hydrogen) atoms. The molecule has 0 bridgehead atoms. The van der Waals surface area contributed by atoms with Gasteiger partial charge in [0.15, 0.2) is 0 Å². The van der Waals surface area contributed by atoms with Gasteiger partial charge in [-0.3, -0.25) is 0 Å². The van der Waals surface area contributed by atoms with Crippen molar-refractivity contribution >= 4 is 11.9 Å². The molecule has 0 saturated carbocycles. The van der Waals surface area contributed by atoms with E-state index in [4.69, 9.17) is 9.47 Å². The molecule has 2 rings (SSSR count). The number of ether oxygens (including phenoxy) is 2. The Morgan fingerprint density at radius 3 is 2.34 bits per heavy atom. The van der Waals surface area contributed by atoms with Gasteiger partial charge in [0, 0.05) is 6.08 Å². The highest BCUT2D eigenvalue weighted by atomic mass is 16.5. The molecule has 2 atom stereocenters. The summed E-state index contributed by atoms with van der Waals surface area (Å²) in [4.78, 5) is 23.4. The van der Waals surface area contributed by atoms with E-state index < -0.39 is 18.0 Å². The summed E-state index contributed by atoms with van der Waals surface area (Å²) in [5, 5.41) is 10.4. The van der Waals surface area contributed by atoms with E-state index in [1.165, 1.54) is 5.56 Å². The predicted molar refractivity (Wildman–Crippen MR) is 126 cm³/mol. The summed E-state index contributed by atoms with van der Waals surface area (Å²) in [6, 6.07) is 14.5. The summed E-state index contributed by atoms with van der Waals surface area (Å²) in [6.07, 6.45) is 5.69. The molecule has 0 heterocycles. The number of rotatable bonds is 13. The van der Waals surface area contributed by atoms with Crippen molar-refractivity contribution < 1.29 is 24.2 Å². The third kappa shape index (κ3) is 8.67. The van der Waals surface area contributed by atoms with Gasteiger partial charge in [-0.25, -0.2) is 9.59 Å². The van der Waals surface area contributed by atoms with Crippen LogP contribution in [0, 0.1) is 5.92 Å². The van der Waals surface area contributed by atoms with E-state index in [2.05, 4.69) is 20.4 Å². The number of carbonyl (C=O) groups excluding carboxylic acids is 2. The predicted octanol–water partition coefficient (Wildman–Crippen LogP) is 5.82. The Morgan fingerprint density at radius 1 is 1.03 bits per heavy atom. The zero-order valence-corrected chi connectivity index (χ0v) is 19.1. The molecular formula is C27H34O5. The largest absolute Gasteiger partial charge is 0.463 e. The van der Waals surface area contributed by atoms with E-state index in [9.17, 15) is 14.7 Å². The van der Waals surface area contributed by atoms with Crippen LogP contribution in [0.1, 0.15) is 73.5 Å². The van der Waals surface area contributed by atoms with Crippen molar-refractivity contribution in [2.45, 2.75) is 58.5 Å². The number of hydrogen-bond acceptors (Lipinski definition) is 5. The SMILES string of the molecule is C=CC(=O)OCCCCCC(O)c1ccc(C(=O)Oc2ccc(CC(C)CC)cc2)cc1. The summed E-state index contributed by atoms with van der Waals surface area (Å²) in [5.74, 6) is 0.308. The van der Waals surface area contributed by atoms with E-state index in [1.807, 2.05) is 24.3 Å². The molecular weight excluding hydrogens is 404 g/mol. The standard InChI is InChI=1S/C27H34O5/c1-4-20(3)19-21-10-16-24(17-11-21)32-27(30)23-14-12-22(13-15-23)25(28)9-7-6-8-18-31-26(29)5-2/h5,10-17,20,25,28H,2,4,6-9,18-19H2,1,3H3. The smallest absolute Gasteiger partial charge is 0.343 e. The van der Waals surface area contributed by atoms with Crippen molar-refractivity contribution in [2.75, 3.05) is 6.61 Å². The second-order valence-corrected chi connectivity index (χ2v) is 8.11. The fraction of sp³-hybridized carbons (Fsp3) is 0.407. The van der Waals surface area contributed by atoms with Crippen LogP contribution in [-0.4, -0.2) is 23.7 Å². The Bertz CT molecular complexity index is 855. The third-order valence-corrected chi connectivity index (χ3v) is 5.48. The normalized spacial score (nSPS) is 12.6. The zero-order valence-electron chi connectivity index (χ0n) is 19.1. The van der Waals surface area contributed by atoms with Crippen molar-refractivity contribution in [3.05, 3.63) is 77.9 Å². The first-order chi connectivity index (χ1) is 15.4. The van der Waals surface area contributed by atoms with Gasteiger partial charge in [-0.1, -0.05) is 57.5 Å². The molecule has 0 fully saturated rings. The van der Waals surface area contributed by atoms with Crippen LogP contribution in [0.15, 0.2) is 61.2 Å². The van der Waals surface area contributed by atoms with Crippen LogP contribution in [0.3, 0.4) is 0 Å². The van der Waals surface area contributed by atoms with E-state index in [-0.39, 0.29) is 0 Å². The molecule has 5 nitrogen and oxygen atoms in total. The van der Waals surface area contributed by atoms with Gasteiger partial charge >= 0.3 is 11.9 Å². The van der Waals surface area contributed by atoms with Gasteiger partial charge in [-0.2, -0.15) is 0 Å². The van der Waals surface area contributed by atoms with Crippen LogP contribution in [0.25, 0.3) is 0 Å². The van der Waals surface area contributed by atoms with E-state index in [0.717, 1.165) is 43.7 Å². The summed E-state index contributed by atoms with van der Waals surface area (Å²) < 4.78 is 10.4. The number of carbonyl (C=O) groups is 2. The van der Waals surface area contributed by atoms with Crippen LogP contribution in [0.2, 0.25) is 0 Å². The van der Waals surface area contributed by atoms with E-state index in [0.29, 0.717) is 30.3 Å². The van der Waals surface area contributed by atoms with Gasteiger partial charge in [0.05, 0.1) is 18.3 Å². The molecule has 0 aliphatic heterocycles. The third-order valence-electron chi connectivity index (χ3n) is 5.48. The van der Waals surface area contributed by atoms with Gasteiger partial charge in [0.2, 0.25) is 0 Å². The maximum atomic E-state index is 12.4. The van der Waals surface area contributed by atoms with Crippen molar-refractivity contribution in [2.24, 2.45) is 5.92 Å². The lowest BCUT2D eigenvalue weighted by Gasteiger charge is -2.12. The average Bonchev–Trinajstić information content (AvgIpc) is 2.82.